The summed E-state index contributed by atoms with van der Waals surface area (Å²) in [4.78, 5) is 29.0. The lowest BCUT2D eigenvalue weighted by atomic mass is 9.76. The van der Waals surface area contributed by atoms with Crippen LogP contribution in [-0.2, 0) is 9.53 Å². The van der Waals surface area contributed by atoms with Crippen molar-refractivity contribution in [1.29, 1.82) is 0 Å². The van der Waals surface area contributed by atoms with Gasteiger partial charge >= 0.3 is 5.97 Å². The SMILES string of the molecule is CC1=CC[C@@H](C(=O)N2c3cc(C#CC(C)(C)C)sc3C(=O)OC2C)C2(CC2)C1. The van der Waals surface area contributed by atoms with Gasteiger partial charge in [-0.25, -0.2) is 4.79 Å². The Hall–Kier alpha value is -2.06. The number of esters is 1. The van der Waals surface area contributed by atoms with E-state index in [0.717, 1.165) is 30.6 Å². The number of hydrogen-bond donors (Lipinski definition) is 0. The summed E-state index contributed by atoms with van der Waals surface area (Å²) in [5.74, 6) is 6.05. The molecule has 2 aliphatic carbocycles. The lowest BCUT2D eigenvalue weighted by Gasteiger charge is -2.38. The van der Waals surface area contributed by atoms with Gasteiger partial charge in [-0.3, -0.25) is 9.69 Å². The first kappa shape index (κ1) is 19.3. The smallest absolute Gasteiger partial charge is 0.352 e. The van der Waals surface area contributed by atoms with Crippen LogP contribution in [0.25, 0.3) is 0 Å². The fourth-order valence-electron chi connectivity index (χ4n) is 4.31. The van der Waals surface area contributed by atoms with Crippen molar-refractivity contribution in [1.82, 2.24) is 0 Å². The van der Waals surface area contributed by atoms with E-state index in [-0.39, 0.29) is 28.6 Å². The number of anilines is 1. The Balaban J connectivity index is 1.70. The molecule has 1 aromatic rings. The first-order chi connectivity index (χ1) is 13.1. The van der Waals surface area contributed by atoms with Gasteiger partial charge in [0.05, 0.1) is 10.6 Å². The summed E-state index contributed by atoms with van der Waals surface area (Å²) in [6.45, 7) is 10.1. The van der Waals surface area contributed by atoms with Crippen molar-refractivity contribution < 1.29 is 14.3 Å². The van der Waals surface area contributed by atoms with Gasteiger partial charge in [0, 0.05) is 11.3 Å². The van der Waals surface area contributed by atoms with Gasteiger partial charge in [0.1, 0.15) is 4.88 Å². The molecule has 1 spiro atoms. The zero-order chi connectivity index (χ0) is 20.3. The van der Waals surface area contributed by atoms with Crippen LogP contribution >= 0.6 is 11.3 Å². The minimum atomic E-state index is -0.590. The molecule has 148 valence electrons. The molecule has 28 heavy (non-hydrogen) atoms. The number of fused-ring (bicyclic) bond motifs is 1. The Kier molecular flexibility index (Phi) is 4.46. The fraction of sp³-hybridized carbons (Fsp3) is 0.565. The Bertz CT molecular complexity index is 933. The van der Waals surface area contributed by atoms with Gasteiger partial charge in [0.25, 0.3) is 0 Å². The molecule has 0 radical (unpaired) electrons. The number of cyclic esters (lactones) is 1. The highest BCUT2D eigenvalue weighted by molar-refractivity contribution is 7.15. The van der Waals surface area contributed by atoms with E-state index in [1.165, 1.54) is 16.9 Å². The van der Waals surface area contributed by atoms with Crippen molar-refractivity contribution in [2.24, 2.45) is 16.7 Å². The average molecular weight is 398 g/mol. The molecule has 4 rings (SSSR count). The molecule has 5 heteroatoms. The number of thiophene rings is 1. The number of hydrogen-bond acceptors (Lipinski definition) is 4. The second kappa shape index (κ2) is 6.49. The molecule has 2 heterocycles. The first-order valence-electron chi connectivity index (χ1n) is 9.96. The fourth-order valence-corrected chi connectivity index (χ4v) is 5.19. The van der Waals surface area contributed by atoms with Crippen LogP contribution in [0.2, 0.25) is 0 Å². The highest BCUT2D eigenvalue weighted by Crippen LogP contribution is 2.60. The van der Waals surface area contributed by atoms with Gasteiger partial charge in [-0.05, 0) is 71.8 Å². The zero-order valence-electron chi connectivity index (χ0n) is 17.2. The minimum absolute atomic E-state index is 0.0349. The maximum atomic E-state index is 13.6. The number of carbonyl (C=O) groups excluding carboxylic acids is 2. The van der Waals surface area contributed by atoms with Gasteiger partial charge in [0.2, 0.25) is 5.91 Å². The monoisotopic (exact) mass is 397 g/mol. The second-order valence-electron chi connectivity index (χ2n) is 9.42. The average Bonchev–Trinajstić information content (AvgIpc) is 3.19. The van der Waals surface area contributed by atoms with Crippen molar-refractivity contribution in [3.05, 3.63) is 27.5 Å². The summed E-state index contributed by atoms with van der Waals surface area (Å²) < 4.78 is 5.52. The van der Waals surface area contributed by atoms with E-state index < -0.39 is 6.23 Å². The summed E-state index contributed by atoms with van der Waals surface area (Å²) in [5.41, 5.74) is 2.04. The quantitative estimate of drug-likeness (QED) is 0.375. The third kappa shape index (κ3) is 3.39. The van der Waals surface area contributed by atoms with E-state index in [0.29, 0.717) is 10.6 Å². The molecule has 1 amide bonds. The van der Waals surface area contributed by atoms with E-state index >= 15 is 0 Å². The van der Waals surface area contributed by atoms with Crippen molar-refractivity contribution in [2.75, 3.05) is 4.90 Å². The molecule has 1 aliphatic heterocycles. The summed E-state index contributed by atoms with van der Waals surface area (Å²) >= 11 is 1.32. The molecule has 2 atom stereocenters. The minimum Gasteiger partial charge on any atom is -0.437 e. The van der Waals surface area contributed by atoms with Gasteiger partial charge < -0.3 is 4.74 Å². The molecule has 0 aromatic carbocycles. The molecule has 0 bridgehead atoms. The van der Waals surface area contributed by atoms with Crippen LogP contribution in [0, 0.1) is 28.6 Å². The van der Waals surface area contributed by atoms with Gasteiger partial charge in [-0.2, -0.15) is 0 Å². The lowest BCUT2D eigenvalue weighted by molar-refractivity contribution is -0.126. The molecular formula is C23H27NO3S. The Labute approximate surface area is 170 Å². The molecule has 0 N–H and O–H groups in total. The Morgan fingerprint density at radius 3 is 2.71 bits per heavy atom. The number of amides is 1. The summed E-state index contributed by atoms with van der Waals surface area (Å²) in [6, 6.07) is 1.89. The topological polar surface area (TPSA) is 46.6 Å². The summed E-state index contributed by atoms with van der Waals surface area (Å²) in [5, 5.41) is 0. The van der Waals surface area contributed by atoms with Crippen LogP contribution in [-0.4, -0.2) is 18.1 Å². The van der Waals surface area contributed by atoms with Crippen LogP contribution in [0.5, 0.6) is 0 Å². The molecule has 3 aliphatic rings. The van der Waals surface area contributed by atoms with E-state index in [4.69, 9.17) is 4.74 Å². The third-order valence-corrected chi connectivity index (χ3v) is 6.88. The van der Waals surface area contributed by atoms with Crippen LogP contribution in [0.1, 0.15) is 74.9 Å². The van der Waals surface area contributed by atoms with Crippen LogP contribution in [0.15, 0.2) is 17.7 Å². The van der Waals surface area contributed by atoms with Crippen LogP contribution < -0.4 is 4.90 Å². The van der Waals surface area contributed by atoms with Crippen molar-refractivity contribution >= 4 is 28.9 Å². The number of allylic oxidation sites excluding steroid dienone is 2. The first-order valence-corrected chi connectivity index (χ1v) is 10.8. The molecule has 1 aromatic heterocycles. The van der Waals surface area contributed by atoms with E-state index in [9.17, 15) is 9.59 Å². The summed E-state index contributed by atoms with van der Waals surface area (Å²) in [6.07, 6.45) is 5.60. The number of ether oxygens (including phenoxy) is 1. The van der Waals surface area contributed by atoms with Gasteiger partial charge in [-0.15, -0.1) is 11.3 Å². The predicted octanol–water partition coefficient (Wildman–Crippen LogP) is 5.13. The third-order valence-electron chi connectivity index (χ3n) is 5.86. The van der Waals surface area contributed by atoms with E-state index in [1.54, 1.807) is 11.8 Å². The normalized spacial score (nSPS) is 25.4. The van der Waals surface area contributed by atoms with Crippen molar-refractivity contribution in [3.8, 4) is 11.8 Å². The van der Waals surface area contributed by atoms with Crippen LogP contribution in [0.3, 0.4) is 0 Å². The Morgan fingerprint density at radius 1 is 1.36 bits per heavy atom. The maximum Gasteiger partial charge on any atom is 0.352 e. The second-order valence-corrected chi connectivity index (χ2v) is 10.5. The van der Waals surface area contributed by atoms with E-state index in [1.807, 2.05) is 26.8 Å². The largest absolute Gasteiger partial charge is 0.437 e. The van der Waals surface area contributed by atoms with E-state index in [2.05, 4.69) is 24.8 Å². The summed E-state index contributed by atoms with van der Waals surface area (Å²) in [7, 11) is 0. The molecule has 1 saturated carbocycles. The van der Waals surface area contributed by atoms with Crippen molar-refractivity contribution in [2.45, 2.75) is 66.5 Å². The highest BCUT2D eigenvalue weighted by Gasteiger charge is 2.55. The molecule has 4 nitrogen and oxygen atoms in total. The Morgan fingerprint density at radius 2 is 2.07 bits per heavy atom. The molecular weight excluding hydrogens is 370 g/mol. The predicted molar refractivity (Wildman–Crippen MR) is 111 cm³/mol. The zero-order valence-corrected chi connectivity index (χ0v) is 18.0. The molecule has 1 fully saturated rings. The van der Waals surface area contributed by atoms with Crippen molar-refractivity contribution in [3.63, 3.8) is 0 Å². The van der Waals surface area contributed by atoms with Gasteiger partial charge in [-0.1, -0.05) is 23.5 Å². The highest BCUT2D eigenvalue weighted by atomic mass is 32.1. The number of nitrogens with zero attached hydrogens (tertiary/aromatic N) is 1. The van der Waals surface area contributed by atoms with Gasteiger partial charge in [0.15, 0.2) is 6.23 Å². The lowest BCUT2D eigenvalue weighted by Crippen LogP contribution is -2.49. The number of carbonyl (C=O) groups is 2. The molecule has 1 unspecified atom stereocenters. The standard InChI is InChI=1S/C23H27NO3S/c1-14-6-7-17(23(13-14)10-11-23)20(25)24-15(2)27-21(26)19-18(24)12-16(28-19)8-9-22(3,4)5/h6,12,15,17H,7,10-11,13H2,1-5H3/t15?,17-/m0/s1. The number of rotatable bonds is 1. The maximum absolute atomic E-state index is 13.6. The molecule has 0 saturated heterocycles. The van der Waals surface area contributed by atoms with Crippen LogP contribution in [0.4, 0.5) is 5.69 Å².